The van der Waals surface area contributed by atoms with Gasteiger partial charge in [0.05, 0.1) is 39.2 Å². The van der Waals surface area contributed by atoms with Gasteiger partial charge >= 0.3 is 0 Å². The van der Waals surface area contributed by atoms with Crippen molar-refractivity contribution in [1.29, 1.82) is 0 Å². The van der Waals surface area contributed by atoms with Crippen LogP contribution in [0.3, 0.4) is 0 Å². The van der Waals surface area contributed by atoms with Crippen LogP contribution in [0.25, 0.3) is 0 Å². The van der Waals surface area contributed by atoms with E-state index >= 15 is 0 Å². The highest BCUT2D eigenvalue weighted by Gasteiger charge is 2.21. The van der Waals surface area contributed by atoms with E-state index in [-0.39, 0.29) is 27.8 Å². The molecule has 2 aromatic rings. The SMILES string of the molecule is COc1ccc([N+](=O)[O-])cc1NC(=S)NC(=O)c1cc([N+](=O)[O-])cc([N+](=O)[O-])c1. The fourth-order valence-electron chi connectivity index (χ4n) is 2.17. The molecule has 14 heteroatoms. The molecule has 0 saturated carbocycles. The van der Waals surface area contributed by atoms with Crippen LogP contribution in [0.2, 0.25) is 0 Å². The second-order valence-electron chi connectivity index (χ2n) is 5.30. The number of non-ortho nitro benzene ring substituents is 3. The van der Waals surface area contributed by atoms with Crippen molar-refractivity contribution in [2.75, 3.05) is 12.4 Å². The number of thiocarbonyl (C=S) groups is 1. The minimum atomic E-state index is -0.960. The number of nitrogens with zero attached hydrogens (tertiary/aromatic N) is 3. The van der Waals surface area contributed by atoms with E-state index in [4.69, 9.17) is 17.0 Å². The summed E-state index contributed by atoms with van der Waals surface area (Å²) in [6.45, 7) is 0. The second kappa shape index (κ2) is 8.66. The summed E-state index contributed by atoms with van der Waals surface area (Å²) in [4.78, 5) is 42.6. The highest BCUT2D eigenvalue weighted by atomic mass is 32.1. The molecule has 0 aliphatic rings. The van der Waals surface area contributed by atoms with Crippen molar-refractivity contribution in [3.8, 4) is 5.75 Å². The highest BCUT2D eigenvalue weighted by molar-refractivity contribution is 7.80. The van der Waals surface area contributed by atoms with E-state index in [2.05, 4.69) is 10.6 Å². The van der Waals surface area contributed by atoms with Crippen molar-refractivity contribution in [1.82, 2.24) is 5.32 Å². The summed E-state index contributed by atoms with van der Waals surface area (Å²) in [5.74, 6) is -0.767. The van der Waals surface area contributed by atoms with E-state index in [1.165, 1.54) is 19.2 Å². The number of carbonyl (C=O) groups is 1. The van der Waals surface area contributed by atoms with Crippen molar-refractivity contribution in [2.24, 2.45) is 0 Å². The van der Waals surface area contributed by atoms with Crippen molar-refractivity contribution in [3.05, 3.63) is 72.3 Å². The largest absolute Gasteiger partial charge is 0.495 e. The number of hydrogen-bond donors (Lipinski definition) is 2. The Balaban J connectivity index is 2.25. The molecular formula is C15H11N5O8S. The monoisotopic (exact) mass is 421 g/mol. The van der Waals surface area contributed by atoms with Gasteiger partial charge in [-0.05, 0) is 18.3 Å². The van der Waals surface area contributed by atoms with Gasteiger partial charge in [-0.2, -0.15) is 0 Å². The zero-order chi connectivity index (χ0) is 21.7. The number of ether oxygens (including phenoxy) is 1. The lowest BCUT2D eigenvalue weighted by molar-refractivity contribution is -0.394. The zero-order valence-corrected chi connectivity index (χ0v) is 15.3. The summed E-state index contributed by atoms with van der Waals surface area (Å²) in [7, 11) is 1.32. The number of nitro benzene ring substituents is 3. The Morgan fingerprint density at radius 3 is 1.97 bits per heavy atom. The van der Waals surface area contributed by atoms with Crippen LogP contribution in [0.4, 0.5) is 22.7 Å². The highest BCUT2D eigenvalue weighted by Crippen LogP contribution is 2.29. The van der Waals surface area contributed by atoms with Crippen molar-refractivity contribution >= 4 is 46.0 Å². The molecule has 0 spiro atoms. The van der Waals surface area contributed by atoms with E-state index in [1.807, 2.05) is 0 Å². The number of benzene rings is 2. The summed E-state index contributed by atoms with van der Waals surface area (Å²) in [6.07, 6.45) is 0. The number of carbonyl (C=O) groups excluding carboxylic acids is 1. The van der Waals surface area contributed by atoms with Crippen LogP contribution in [-0.2, 0) is 0 Å². The van der Waals surface area contributed by atoms with E-state index in [9.17, 15) is 35.1 Å². The van der Waals surface area contributed by atoms with E-state index < -0.39 is 32.1 Å². The first kappa shape index (κ1) is 21.1. The zero-order valence-electron chi connectivity index (χ0n) is 14.5. The maximum Gasteiger partial charge on any atom is 0.277 e. The first-order valence-corrected chi connectivity index (χ1v) is 7.92. The van der Waals surface area contributed by atoms with Crippen LogP contribution in [-0.4, -0.2) is 32.9 Å². The minimum absolute atomic E-state index is 0.0806. The molecule has 0 unspecified atom stereocenters. The molecule has 150 valence electrons. The summed E-state index contributed by atoms with van der Waals surface area (Å²) >= 11 is 4.96. The molecule has 0 radical (unpaired) electrons. The van der Waals surface area contributed by atoms with E-state index in [0.29, 0.717) is 6.07 Å². The third kappa shape index (κ3) is 5.16. The Kier molecular flexibility index (Phi) is 6.30. The molecule has 0 atom stereocenters. The second-order valence-corrected chi connectivity index (χ2v) is 5.71. The molecule has 29 heavy (non-hydrogen) atoms. The molecule has 2 N–H and O–H groups in total. The molecule has 0 aromatic heterocycles. The van der Waals surface area contributed by atoms with Crippen LogP contribution < -0.4 is 15.4 Å². The number of nitrogens with one attached hydrogen (secondary N) is 2. The Morgan fingerprint density at radius 1 is 0.931 bits per heavy atom. The molecule has 0 bridgehead atoms. The van der Waals surface area contributed by atoms with Crippen LogP contribution in [0.5, 0.6) is 5.75 Å². The third-order valence-electron chi connectivity index (χ3n) is 3.46. The first-order valence-electron chi connectivity index (χ1n) is 7.51. The molecular weight excluding hydrogens is 410 g/mol. The summed E-state index contributed by atoms with van der Waals surface area (Å²) < 4.78 is 5.05. The van der Waals surface area contributed by atoms with Gasteiger partial charge in [-0.3, -0.25) is 40.5 Å². The Bertz CT molecular complexity index is 1010. The molecule has 0 fully saturated rings. The maximum atomic E-state index is 12.3. The summed E-state index contributed by atoms with van der Waals surface area (Å²) in [5.41, 5.74) is -1.86. The van der Waals surface area contributed by atoms with Gasteiger partial charge in [0.15, 0.2) is 5.11 Å². The van der Waals surface area contributed by atoms with Gasteiger partial charge in [-0.15, -0.1) is 0 Å². The van der Waals surface area contributed by atoms with Crippen molar-refractivity contribution in [3.63, 3.8) is 0 Å². The minimum Gasteiger partial charge on any atom is -0.495 e. The van der Waals surface area contributed by atoms with E-state index in [1.54, 1.807) is 0 Å². The smallest absolute Gasteiger partial charge is 0.277 e. The molecule has 1 amide bonds. The number of hydrogen-bond acceptors (Lipinski definition) is 9. The standard InChI is InChI=1S/C15H11N5O8S/c1-28-13-3-2-9(18(22)23)7-12(13)16-15(29)17-14(21)8-4-10(19(24)25)6-11(5-8)20(26)27/h2-7H,1H3,(H2,16,17,21,29). The predicted octanol–water partition coefficient (Wildman–Crippen LogP) is 2.55. The number of methoxy groups -OCH3 is 1. The normalized spacial score (nSPS) is 9.97. The molecule has 0 aliphatic carbocycles. The average molecular weight is 421 g/mol. The molecule has 13 nitrogen and oxygen atoms in total. The molecule has 0 saturated heterocycles. The van der Waals surface area contributed by atoms with Gasteiger partial charge in [0, 0.05) is 24.3 Å². The van der Waals surface area contributed by atoms with Gasteiger partial charge in [0.25, 0.3) is 23.0 Å². The topological polar surface area (TPSA) is 180 Å². The number of amides is 1. The lowest BCUT2D eigenvalue weighted by Gasteiger charge is -2.12. The van der Waals surface area contributed by atoms with Gasteiger partial charge < -0.3 is 10.1 Å². The fraction of sp³-hybridized carbons (Fsp3) is 0.0667. The summed E-state index contributed by atoms with van der Waals surface area (Å²) in [5, 5.41) is 37.1. The van der Waals surface area contributed by atoms with Gasteiger partial charge in [-0.25, -0.2) is 0 Å². The quantitative estimate of drug-likeness (QED) is 0.399. The predicted molar refractivity (Wildman–Crippen MR) is 103 cm³/mol. The molecule has 0 aliphatic heterocycles. The lowest BCUT2D eigenvalue weighted by atomic mass is 10.1. The lowest BCUT2D eigenvalue weighted by Crippen LogP contribution is -2.34. The summed E-state index contributed by atoms with van der Waals surface area (Å²) in [6, 6.07) is 6.04. The Labute approximate surface area is 166 Å². The maximum absolute atomic E-state index is 12.3. The van der Waals surface area contributed by atoms with Crippen molar-refractivity contribution in [2.45, 2.75) is 0 Å². The first-order chi connectivity index (χ1) is 13.6. The van der Waals surface area contributed by atoms with E-state index in [0.717, 1.165) is 18.2 Å². The number of rotatable bonds is 6. The Morgan fingerprint density at radius 2 is 1.48 bits per heavy atom. The molecule has 2 aromatic carbocycles. The molecule has 2 rings (SSSR count). The van der Waals surface area contributed by atoms with Gasteiger partial charge in [-0.1, -0.05) is 0 Å². The van der Waals surface area contributed by atoms with Crippen LogP contribution in [0.1, 0.15) is 10.4 Å². The van der Waals surface area contributed by atoms with Crippen LogP contribution in [0, 0.1) is 30.3 Å². The van der Waals surface area contributed by atoms with Crippen molar-refractivity contribution < 1.29 is 24.3 Å². The van der Waals surface area contributed by atoms with Gasteiger partial charge in [0.2, 0.25) is 0 Å². The third-order valence-corrected chi connectivity index (χ3v) is 3.66. The van der Waals surface area contributed by atoms with Crippen LogP contribution in [0.15, 0.2) is 36.4 Å². The van der Waals surface area contributed by atoms with Gasteiger partial charge in [0.1, 0.15) is 5.75 Å². The Hall–Kier alpha value is -4.20. The number of anilines is 1. The molecule has 0 heterocycles. The van der Waals surface area contributed by atoms with Crippen LogP contribution >= 0.6 is 12.2 Å². The number of nitro groups is 3. The fourth-order valence-corrected chi connectivity index (χ4v) is 2.38. The average Bonchev–Trinajstić information content (AvgIpc) is 2.67.